The molecule has 0 radical (unpaired) electrons. The van der Waals surface area contributed by atoms with Gasteiger partial charge in [0, 0.05) is 29.7 Å². The molecule has 1 aliphatic carbocycles. The zero-order chi connectivity index (χ0) is 36.1. The minimum absolute atomic E-state index is 0.0655. The quantitative estimate of drug-likeness (QED) is 0.0423. The molecule has 50 heavy (non-hydrogen) atoms. The third-order valence-electron chi connectivity index (χ3n) is 8.60. The first-order chi connectivity index (χ1) is 23.9. The van der Waals surface area contributed by atoms with Crippen molar-refractivity contribution in [3.63, 3.8) is 0 Å². The van der Waals surface area contributed by atoms with Crippen LogP contribution < -0.4 is 5.32 Å². The molecule has 4 aromatic carbocycles. The van der Waals surface area contributed by atoms with E-state index in [1.165, 1.54) is 42.5 Å². The topological polar surface area (TPSA) is 217 Å². The van der Waals surface area contributed by atoms with Gasteiger partial charge in [-0.3, -0.25) is 0 Å². The first kappa shape index (κ1) is 35.2. The highest BCUT2D eigenvalue weighted by Crippen LogP contribution is 2.46. The lowest BCUT2D eigenvalue weighted by molar-refractivity contribution is -0.162. The number of hydrogen-bond acceptors (Lipinski definition) is 11. The van der Waals surface area contributed by atoms with E-state index in [0.717, 1.165) is 6.08 Å². The molecule has 0 aromatic heterocycles. The van der Waals surface area contributed by atoms with Crippen LogP contribution in [0.1, 0.15) is 52.6 Å². The van der Waals surface area contributed by atoms with Crippen molar-refractivity contribution in [2.45, 2.75) is 38.2 Å². The minimum atomic E-state index is -1.69. The van der Waals surface area contributed by atoms with E-state index in [-0.39, 0.29) is 29.4 Å². The Hall–Kier alpha value is -6.14. The normalized spacial score (nSPS) is 13.8. The van der Waals surface area contributed by atoms with Crippen molar-refractivity contribution in [2.75, 3.05) is 13.1 Å². The summed E-state index contributed by atoms with van der Waals surface area (Å²) in [4.78, 5) is 25.3. The molecule has 0 saturated heterocycles. The Kier molecular flexibility index (Phi) is 10.5. The molecule has 1 aliphatic rings. The number of fused-ring (bicyclic) bond motifs is 3. The van der Waals surface area contributed by atoms with Gasteiger partial charge in [0.05, 0.1) is 0 Å². The summed E-state index contributed by atoms with van der Waals surface area (Å²) in [5, 5.41) is 85.3. The molecule has 0 bridgehead atoms. The average Bonchev–Trinajstić information content (AvgIpc) is 3.28. The summed E-state index contributed by atoms with van der Waals surface area (Å²) in [5.74, 6) is -5.72. The van der Waals surface area contributed by atoms with Crippen molar-refractivity contribution in [2.24, 2.45) is 0 Å². The Bertz CT molecular complexity index is 2000. The molecule has 0 spiro atoms. The number of carbonyl (C=O) groups is 2. The van der Waals surface area contributed by atoms with E-state index in [1.807, 2.05) is 6.07 Å². The number of hydrogen-bond donors (Lipinski definition) is 9. The standard InChI is InChI=1S/C38H37NO11/c1-2-39-19-27(22-11-13-29(41)30(42)17-22)37(38(48)49)50-34(46)14-12-21-16-32(44)31(43)15-20(21)9-10-23-18-33(45)36(47)26-7-3-5-24-25(35(23)26)6-4-8-28(24)40/h4,6,8-18,27,37,39-45,47H,2-3,5,7,19H2,1H3,(H,48,49)/b10-9+,14-12+/t27-,37+/m0/s1. The number of esters is 1. The molecule has 0 saturated carbocycles. The molecule has 260 valence electrons. The summed E-state index contributed by atoms with van der Waals surface area (Å²) in [6, 6.07) is 12.7. The second-order valence-electron chi connectivity index (χ2n) is 11.8. The number of phenols is 7. The van der Waals surface area contributed by atoms with Gasteiger partial charge in [-0.1, -0.05) is 37.3 Å². The molecule has 9 N–H and O–H groups in total. The molecule has 0 amide bonds. The number of rotatable bonds is 11. The lowest BCUT2D eigenvalue weighted by Gasteiger charge is -2.24. The second kappa shape index (κ2) is 15.0. The van der Waals surface area contributed by atoms with Crippen LogP contribution in [0.3, 0.4) is 0 Å². The van der Waals surface area contributed by atoms with Gasteiger partial charge in [-0.15, -0.1) is 0 Å². The molecule has 0 unspecified atom stereocenters. The van der Waals surface area contributed by atoms with E-state index in [9.17, 15) is 50.4 Å². The molecular formula is C38H37NO11. The first-order valence-corrected chi connectivity index (χ1v) is 15.9. The van der Waals surface area contributed by atoms with Gasteiger partial charge in [0.15, 0.2) is 34.5 Å². The first-order valence-electron chi connectivity index (χ1n) is 15.9. The third-order valence-corrected chi connectivity index (χ3v) is 8.60. The summed E-state index contributed by atoms with van der Waals surface area (Å²) < 4.78 is 5.37. The van der Waals surface area contributed by atoms with E-state index in [1.54, 1.807) is 31.2 Å². The summed E-state index contributed by atoms with van der Waals surface area (Å²) in [6.45, 7) is 2.35. The van der Waals surface area contributed by atoms with Gasteiger partial charge in [0.2, 0.25) is 6.10 Å². The fraction of sp³-hybridized carbons (Fsp3) is 0.211. The fourth-order valence-corrected chi connectivity index (χ4v) is 6.12. The van der Waals surface area contributed by atoms with E-state index >= 15 is 0 Å². The van der Waals surface area contributed by atoms with E-state index in [2.05, 4.69) is 5.32 Å². The van der Waals surface area contributed by atoms with Gasteiger partial charge >= 0.3 is 11.9 Å². The number of carboxylic acids is 1. The number of nitrogens with one attached hydrogen (secondary N) is 1. The minimum Gasteiger partial charge on any atom is -0.508 e. The monoisotopic (exact) mass is 683 g/mol. The molecule has 0 aliphatic heterocycles. The van der Waals surface area contributed by atoms with E-state index in [0.29, 0.717) is 64.8 Å². The van der Waals surface area contributed by atoms with Gasteiger partial charge in [-0.2, -0.15) is 0 Å². The zero-order valence-electron chi connectivity index (χ0n) is 27.0. The Morgan fingerprint density at radius 2 is 1.40 bits per heavy atom. The van der Waals surface area contributed by atoms with Crippen molar-refractivity contribution in [1.82, 2.24) is 5.32 Å². The molecule has 12 nitrogen and oxygen atoms in total. The number of carboxylic acid groups (broad SMARTS) is 1. The summed E-state index contributed by atoms with van der Waals surface area (Å²) in [5.41, 5.74) is 3.84. The van der Waals surface area contributed by atoms with E-state index < -0.39 is 47.0 Å². The number of phenolic OH excluding ortho intramolecular Hbond substituents is 7. The van der Waals surface area contributed by atoms with Crippen LogP contribution in [0.15, 0.2) is 60.7 Å². The lowest BCUT2D eigenvalue weighted by atomic mass is 9.90. The van der Waals surface area contributed by atoms with Crippen LogP contribution in [0, 0.1) is 0 Å². The maximum Gasteiger partial charge on any atom is 0.345 e. The highest BCUT2D eigenvalue weighted by molar-refractivity contribution is 5.92. The summed E-state index contributed by atoms with van der Waals surface area (Å²) in [7, 11) is 0. The third kappa shape index (κ3) is 7.45. The largest absolute Gasteiger partial charge is 0.508 e. The molecule has 2 atom stereocenters. The van der Waals surface area contributed by atoms with Crippen LogP contribution in [0.5, 0.6) is 40.2 Å². The van der Waals surface area contributed by atoms with Crippen LogP contribution in [-0.4, -0.2) is 72.0 Å². The highest BCUT2D eigenvalue weighted by atomic mass is 16.6. The number of aromatic hydroxyl groups is 7. The Morgan fingerprint density at radius 3 is 2.08 bits per heavy atom. The maximum absolute atomic E-state index is 13.0. The SMILES string of the molecule is CCNC[C@@H](c1ccc(O)c(O)c1)[C@@H](OC(=O)/C=C/c1cc(O)c(O)cc1/C=C/c1cc(O)c(O)c2c1-c1cccc(O)c1CCC2)C(=O)O. The molecule has 0 heterocycles. The van der Waals surface area contributed by atoms with Crippen LogP contribution in [0.2, 0.25) is 0 Å². The maximum atomic E-state index is 13.0. The molecule has 12 heteroatoms. The average molecular weight is 684 g/mol. The number of benzene rings is 4. The van der Waals surface area contributed by atoms with Gasteiger partial charge < -0.3 is 50.9 Å². The Morgan fingerprint density at radius 1 is 0.760 bits per heavy atom. The van der Waals surface area contributed by atoms with Gasteiger partial charge in [-0.25, -0.2) is 9.59 Å². The molecular weight excluding hydrogens is 646 g/mol. The number of ether oxygens (including phenoxy) is 1. The number of likely N-dealkylation sites (N-methyl/N-ethyl adjacent to an activating group) is 1. The number of carbonyl (C=O) groups excluding carboxylic acids is 1. The van der Waals surface area contributed by atoms with Gasteiger partial charge in [0.1, 0.15) is 5.75 Å². The predicted molar refractivity (Wildman–Crippen MR) is 185 cm³/mol. The van der Waals surface area contributed by atoms with Crippen molar-refractivity contribution in [3.05, 3.63) is 94.1 Å². The van der Waals surface area contributed by atoms with Gasteiger partial charge in [-0.05, 0) is 102 Å². The zero-order valence-corrected chi connectivity index (χ0v) is 27.0. The van der Waals surface area contributed by atoms with Crippen molar-refractivity contribution in [3.8, 4) is 51.4 Å². The van der Waals surface area contributed by atoms with Crippen LogP contribution >= 0.6 is 0 Å². The second-order valence-corrected chi connectivity index (χ2v) is 11.8. The van der Waals surface area contributed by atoms with E-state index in [4.69, 9.17) is 4.74 Å². The predicted octanol–water partition coefficient (Wildman–Crippen LogP) is 5.35. The fourth-order valence-electron chi connectivity index (χ4n) is 6.12. The van der Waals surface area contributed by atoms with Crippen molar-refractivity contribution < 1.29 is 55.2 Å². The Labute approximate surface area is 287 Å². The lowest BCUT2D eigenvalue weighted by Crippen LogP contribution is -2.38. The molecule has 5 rings (SSSR count). The highest BCUT2D eigenvalue weighted by Gasteiger charge is 2.33. The summed E-state index contributed by atoms with van der Waals surface area (Å²) >= 11 is 0. The number of aliphatic carboxylic acids is 1. The van der Waals surface area contributed by atoms with Crippen LogP contribution in [0.4, 0.5) is 0 Å². The summed E-state index contributed by atoms with van der Waals surface area (Å²) in [6.07, 6.45) is 5.33. The van der Waals surface area contributed by atoms with Crippen molar-refractivity contribution >= 4 is 30.2 Å². The molecule has 4 aromatic rings. The smallest absolute Gasteiger partial charge is 0.345 e. The van der Waals surface area contributed by atoms with Crippen LogP contribution in [0.25, 0.3) is 29.4 Å². The molecule has 0 fully saturated rings. The van der Waals surface area contributed by atoms with Crippen molar-refractivity contribution in [1.29, 1.82) is 0 Å². The van der Waals surface area contributed by atoms with Gasteiger partial charge in [0.25, 0.3) is 0 Å². The Balaban J connectivity index is 1.48. The van der Waals surface area contributed by atoms with Crippen LogP contribution in [-0.2, 0) is 27.2 Å².